The van der Waals surface area contributed by atoms with E-state index in [4.69, 9.17) is 4.74 Å². The molecule has 0 saturated carbocycles. The standard InChI is InChI=1S/C27H32N2O4/c1-17-21(14-25(30)31)26(20-8-9-24-19(13-20)7-6-12-33-24)18(2)23-16-29(15-22(17)23)27(32)28-10-4-3-5-11-28/h8-9,13H,3-7,10-12,14-16H2,1-2H3,(H,30,31). The van der Waals surface area contributed by atoms with Gasteiger partial charge in [0.15, 0.2) is 0 Å². The van der Waals surface area contributed by atoms with Crippen molar-refractivity contribution < 1.29 is 19.4 Å². The van der Waals surface area contributed by atoms with E-state index in [9.17, 15) is 14.7 Å². The van der Waals surface area contributed by atoms with Crippen molar-refractivity contribution in [3.05, 3.63) is 51.6 Å². The summed E-state index contributed by atoms with van der Waals surface area (Å²) in [7, 11) is 0. The summed E-state index contributed by atoms with van der Waals surface area (Å²) >= 11 is 0. The quantitative estimate of drug-likeness (QED) is 0.729. The van der Waals surface area contributed by atoms with E-state index in [0.717, 1.165) is 84.5 Å². The summed E-state index contributed by atoms with van der Waals surface area (Å²) in [4.78, 5) is 29.0. The second kappa shape index (κ2) is 8.73. The Morgan fingerprint density at radius 2 is 1.70 bits per heavy atom. The van der Waals surface area contributed by atoms with Crippen molar-refractivity contribution in [3.8, 4) is 16.9 Å². The van der Waals surface area contributed by atoms with Gasteiger partial charge in [-0.25, -0.2) is 4.79 Å². The minimum absolute atomic E-state index is 0.0249. The number of hydrogen-bond donors (Lipinski definition) is 1. The average Bonchev–Trinajstić information content (AvgIpc) is 3.28. The Labute approximate surface area is 195 Å². The largest absolute Gasteiger partial charge is 0.493 e. The summed E-state index contributed by atoms with van der Waals surface area (Å²) in [6.45, 7) is 7.66. The minimum Gasteiger partial charge on any atom is -0.493 e. The number of carboxylic acids is 1. The second-order valence-corrected chi connectivity index (χ2v) is 9.59. The van der Waals surface area contributed by atoms with Crippen LogP contribution in [0.25, 0.3) is 11.1 Å². The van der Waals surface area contributed by atoms with E-state index in [1.165, 1.54) is 17.5 Å². The van der Waals surface area contributed by atoms with Crippen molar-refractivity contribution in [2.24, 2.45) is 0 Å². The predicted octanol–water partition coefficient (Wildman–Crippen LogP) is 4.84. The van der Waals surface area contributed by atoms with Crippen molar-refractivity contribution in [2.45, 2.75) is 65.5 Å². The topological polar surface area (TPSA) is 70.1 Å². The Bertz CT molecular complexity index is 1120. The molecule has 0 spiro atoms. The molecule has 0 radical (unpaired) electrons. The van der Waals surface area contributed by atoms with Crippen LogP contribution in [0.15, 0.2) is 18.2 Å². The van der Waals surface area contributed by atoms with Gasteiger partial charge in [0.1, 0.15) is 5.75 Å². The first-order chi connectivity index (χ1) is 15.9. The van der Waals surface area contributed by atoms with Crippen LogP contribution >= 0.6 is 0 Å². The molecule has 1 saturated heterocycles. The van der Waals surface area contributed by atoms with E-state index in [-0.39, 0.29) is 12.5 Å². The van der Waals surface area contributed by atoms with Gasteiger partial charge in [-0.3, -0.25) is 4.79 Å². The third-order valence-corrected chi connectivity index (χ3v) is 7.52. The molecule has 3 heterocycles. The van der Waals surface area contributed by atoms with Crippen LogP contribution in [0.3, 0.4) is 0 Å². The van der Waals surface area contributed by atoms with Crippen molar-refractivity contribution in [2.75, 3.05) is 19.7 Å². The molecular weight excluding hydrogens is 416 g/mol. The van der Waals surface area contributed by atoms with E-state index < -0.39 is 5.97 Å². The predicted molar refractivity (Wildman–Crippen MR) is 127 cm³/mol. The number of benzene rings is 2. The number of ether oxygens (including phenoxy) is 1. The van der Waals surface area contributed by atoms with Crippen LogP contribution in [0.4, 0.5) is 4.79 Å². The van der Waals surface area contributed by atoms with Gasteiger partial charge in [0.2, 0.25) is 0 Å². The molecule has 3 aliphatic heterocycles. The number of nitrogens with zero attached hydrogens (tertiary/aromatic N) is 2. The first kappa shape index (κ1) is 21.8. The molecule has 2 amide bonds. The number of amides is 2. The van der Waals surface area contributed by atoms with Gasteiger partial charge in [-0.15, -0.1) is 0 Å². The van der Waals surface area contributed by atoms with Crippen molar-refractivity contribution in [1.29, 1.82) is 0 Å². The number of aryl methyl sites for hydroxylation is 1. The normalized spacial score (nSPS) is 17.4. The van der Waals surface area contributed by atoms with Crippen LogP contribution in [-0.2, 0) is 30.7 Å². The Morgan fingerprint density at radius 1 is 0.970 bits per heavy atom. The third kappa shape index (κ3) is 3.96. The number of carboxylic acid groups (broad SMARTS) is 1. The maximum atomic E-state index is 13.2. The molecule has 0 atom stereocenters. The monoisotopic (exact) mass is 448 g/mol. The highest BCUT2D eigenvalue weighted by Gasteiger charge is 2.33. The first-order valence-electron chi connectivity index (χ1n) is 12.1. The highest BCUT2D eigenvalue weighted by atomic mass is 16.5. The molecule has 2 aromatic carbocycles. The molecule has 33 heavy (non-hydrogen) atoms. The molecule has 0 bridgehead atoms. The fourth-order valence-corrected chi connectivity index (χ4v) is 5.76. The van der Waals surface area contributed by atoms with Gasteiger partial charge in [-0.05, 0) is 103 Å². The molecule has 3 aliphatic rings. The van der Waals surface area contributed by atoms with Crippen LogP contribution < -0.4 is 4.74 Å². The van der Waals surface area contributed by atoms with Crippen LogP contribution in [-0.4, -0.2) is 46.6 Å². The number of aliphatic carboxylic acids is 1. The SMILES string of the molecule is Cc1c2c(c(C)c(-c3ccc4c(c3)CCCO4)c1CC(=O)O)CN(C(=O)N1CCCCC1)C2. The zero-order chi connectivity index (χ0) is 23.1. The number of carbonyl (C=O) groups excluding carboxylic acids is 1. The zero-order valence-corrected chi connectivity index (χ0v) is 19.6. The van der Waals surface area contributed by atoms with Crippen molar-refractivity contribution in [1.82, 2.24) is 9.80 Å². The minimum atomic E-state index is -0.834. The number of piperidine rings is 1. The molecule has 1 fully saturated rings. The lowest BCUT2D eigenvalue weighted by Gasteiger charge is -2.30. The highest BCUT2D eigenvalue weighted by molar-refractivity contribution is 5.83. The summed E-state index contributed by atoms with van der Waals surface area (Å²) in [5.74, 6) is 0.0952. The maximum absolute atomic E-state index is 13.2. The maximum Gasteiger partial charge on any atom is 0.320 e. The van der Waals surface area contributed by atoms with E-state index in [1.807, 2.05) is 22.8 Å². The highest BCUT2D eigenvalue weighted by Crippen LogP contribution is 2.41. The van der Waals surface area contributed by atoms with Gasteiger partial charge in [0.25, 0.3) is 0 Å². The van der Waals surface area contributed by atoms with E-state index in [1.54, 1.807) is 0 Å². The number of likely N-dealkylation sites (tertiary alicyclic amines) is 1. The van der Waals surface area contributed by atoms with E-state index in [0.29, 0.717) is 13.1 Å². The molecule has 0 aliphatic carbocycles. The number of fused-ring (bicyclic) bond motifs is 2. The first-order valence-corrected chi connectivity index (χ1v) is 12.1. The second-order valence-electron chi connectivity index (χ2n) is 9.59. The number of hydrogen-bond acceptors (Lipinski definition) is 3. The van der Waals surface area contributed by atoms with Crippen LogP contribution in [0.1, 0.15) is 59.1 Å². The van der Waals surface area contributed by atoms with Gasteiger partial charge >= 0.3 is 12.0 Å². The zero-order valence-electron chi connectivity index (χ0n) is 19.6. The van der Waals surface area contributed by atoms with Gasteiger partial charge in [0, 0.05) is 26.2 Å². The number of rotatable bonds is 3. The van der Waals surface area contributed by atoms with Gasteiger partial charge in [-0.2, -0.15) is 0 Å². The van der Waals surface area contributed by atoms with E-state index >= 15 is 0 Å². The Balaban J connectivity index is 1.57. The summed E-state index contributed by atoms with van der Waals surface area (Å²) in [6, 6.07) is 6.34. The lowest BCUT2D eigenvalue weighted by Crippen LogP contribution is -2.43. The fraction of sp³-hybridized carbons (Fsp3) is 0.481. The number of carbonyl (C=O) groups is 2. The van der Waals surface area contributed by atoms with Crippen molar-refractivity contribution >= 4 is 12.0 Å². The molecule has 1 N–H and O–H groups in total. The Kier molecular flexibility index (Phi) is 5.77. The average molecular weight is 449 g/mol. The molecule has 2 aromatic rings. The van der Waals surface area contributed by atoms with Gasteiger partial charge in [0.05, 0.1) is 13.0 Å². The Hall–Kier alpha value is -3.02. The molecule has 0 unspecified atom stereocenters. The summed E-state index contributed by atoms with van der Waals surface area (Å²) in [5.41, 5.74) is 8.50. The molecular formula is C27H32N2O4. The van der Waals surface area contributed by atoms with E-state index in [2.05, 4.69) is 19.1 Å². The lowest BCUT2D eigenvalue weighted by molar-refractivity contribution is -0.136. The Morgan fingerprint density at radius 3 is 2.42 bits per heavy atom. The molecule has 0 aromatic heterocycles. The van der Waals surface area contributed by atoms with Gasteiger partial charge in [-0.1, -0.05) is 6.07 Å². The summed E-state index contributed by atoms with van der Waals surface area (Å²) in [5, 5.41) is 9.71. The molecule has 6 heteroatoms. The molecule has 174 valence electrons. The smallest absolute Gasteiger partial charge is 0.320 e. The van der Waals surface area contributed by atoms with Gasteiger partial charge < -0.3 is 19.6 Å². The molecule has 5 rings (SSSR count). The fourth-order valence-electron chi connectivity index (χ4n) is 5.76. The number of urea groups is 1. The molecule has 6 nitrogen and oxygen atoms in total. The van der Waals surface area contributed by atoms with Crippen LogP contribution in [0.2, 0.25) is 0 Å². The van der Waals surface area contributed by atoms with Crippen LogP contribution in [0, 0.1) is 13.8 Å². The van der Waals surface area contributed by atoms with Crippen molar-refractivity contribution in [3.63, 3.8) is 0 Å². The summed E-state index contributed by atoms with van der Waals surface area (Å²) < 4.78 is 5.79. The lowest BCUT2D eigenvalue weighted by atomic mass is 9.83. The summed E-state index contributed by atoms with van der Waals surface area (Å²) in [6.07, 6.45) is 5.27. The van der Waals surface area contributed by atoms with Crippen LogP contribution in [0.5, 0.6) is 5.75 Å². The third-order valence-electron chi connectivity index (χ3n) is 7.52.